The molecule has 2 saturated carbocycles. The van der Waals surface area contributed by atoms with E-state index in [0.29, 0.717) is 28.0 Å². The normalized spacial score (nSPS) is 36.3. The number of benzene rings is 1. The summed E-state index contributed by atoms with van der Waals surface area (Å²) in [4.78, 5) is 0.533. The Bertz CT molecular complexity index is 729. The van der Waals surface area contributed by atoms with E-state index >= 15 is 0 Å². The number of hydrogen-bond donors (Lipinski definition) is 1. The first kappa shape index (κ1) is 15.1. The molecule has 0 radical (unpaired) electrons. The number of aliphatic hydroxyl groups is 1. The summed E-state index contributed by atoms with van der Waals surface area (Å²) in [5.41, 5.74) is 1.11. The number of rotatable bonds is 2. The van der Waals surface area contributed by atoms with Crippen LogP contribution in [0.25, 0.3) is 0 Å². The summed E-state index contributed by atoms with van der Waals surface area (Å²) in [7, 11) is 1.63. The van der Waals surface area contributed by atoms with E-state index in [1.807, 2.05) is 31.2 Å². The molecule has 122 valence electrons. The summed E-state index contributed by atoms with van der Waals surface area (Å²) in [6, 6.07) is 7.63. The summed E-state index contributed by atoms with van der Waals surface area (Å²) >= 11 is 5.67. The minimum atomic E-state index is -0.979. The van der Waals surface area contributed by atoms with Crippen LogP contribution in [-0.4, -0.2) is 33.7 Å². The highest BCUT2D eigenvalue weighted by Gasteiger charge is 2.75. The van der Waals surface area contributed by atoms with Crippen LogP contribution >= 0.6 is 12.2 Å². The minimum Gasteiger partial charge on any atom is -0.496 e. The molecule has 1 aromatic carbocycles. The molecule has 1 aliphatic heterocycles. The van der Waals surface area contributed by atoms with Crippen molar-refractivity contribution in [3.05, 3.63) is 29.8 Å². The third-order valence-corrected chi connectivity index (χ3v) is 6.51. The van der Waals surface area contributed by atoms with Gasteiger partial charge in [-0.2, -0.15) is 5.10 Å². The van der Waals surface area contributed by atoms with Crippen LogP contribution in [0.5, 0.6) is 5.75 Å². The average molecular weight is 330 g/mol. The van der Waals surface area contributed by atoms with Gasteiger partial charge in [0, 0.05) is 12.1 Å². The van der Waals surface area contributed by atoms with Crippen LogP contribution in [0.2, 0.25) is 0 Å². The average Bonchev–Trinajstić information content (AvgIpc) is 2.83. The Balaban J connectivity index is 1.70. The van der Waals surface area contributed by atoms with Gasteiger partial charge in [0.05, 0.1) is 18.6 Å². The molecular weight excluding hydrogens is 308 g/mol. The lowest BCUT2D eigenvalue weighted by Crippen LogP contribution is -2.50. The van der Waals surface area contributed by atoms with E-state index in [0.717, 1.165) is 17.7 Å². The van der Waals surface area contributed by atoms with E-state index in [4.69, 9.17) is 17.0 Å². The summed E-state index contributed by atoms with van der Waals surface area (Å²) in [6.07, 6.45) is 0.728. The van der Waals surface area contributed by atoms with Gasteiger partial charge in [-0.3, -0.25) is 0 Å². The maximum atomic E-state index is 11.4. The summed E-state index contributed by atoms with van der Waals surface area (Å²) < 4.78 is 5.42. The largest absolute Gasteiger partial charge is 0.496 e. The number of hydrazone groups is 1. The van der Waals surface area contributed by atoms with E-state index in [2.05, 4.69) is 18.9 Å². The van der Waals surface area contributed by atoms with Crippen LogP contribution in [0.4, 0.5) is 0 Å². The number of hydrogen-bond acceptors (Lipinski definition) is 4. The number of fused-ring (bicyclic) bond motifs is 3. The van der Waals surface area contributed by atoms with Crippen molar-refractivity contribution in [1.29, 1.82) is 0 Å². The number of nitrogens with zero attached hydrogens (tertiary/aromatic N) is 2. The number of thiocarbonyl (C=S) groups is 1. The molecule has 4 atom stereocenters. The molecule has 1 N–H and O–H groups in total. The Kier molecular flexibility index (Phi) is 2.98. The first-order valence-electron chi connectivity index (χ1n) is 8.07. The molecule has 0 spiro atoms. The zero-order valence-electron chi connectivity index (χ0n) is 13.9. The number of ether oxygens (including phenoxy) is 1. The van der Waals surface area contributed by atoms with Gasteiger partial charge in [0.2, 0.25) is 0 Å². The van der Waals surface area contributed by atoms with Crippen LogP contribution in [0.1, 0.15) is 32.8 Å². The predicted octanol–water partition coefficient (Wildman–Crippen LogP) is 3.04. The Labute approximate surface area is 142 Å². The second-order valence-electron chi connectivity index (χ2n) is 7.57. The number of para-hydroxylation sites is 1. The van der Waals surface area contributed by atoms with Crippen molar-refractivity contribution in [2.75, 3.05) is 7.11 Å². The smallest absolute Gasteiger partial charge is 0.168 e. The van der Waals surface area contributed by atoms with E-state index < -0.39 is 5.72 Å². The van der Waals surface area contributed by atoms with Crippen molar-refractivity contribution in [2.45, 2.75) is 32.9 Å². The van der Waals surface area contributed by atoms with Crippen molar-refractivity contribution >= 4 is 22.9 Å². The fraction of sp³-hybridized carbons (Fsp3) is 0.556. The van der Waals surface area contributed by atoms with E-state index in [9.17, 15) is 5.11 Å². The Morgan fingerprint density at radius 1 is 1.39 bits per heavy atom. The third-order valence-electron chi connectivity index (χ3n) is 6.12. The van der Waals surface area contributed by atoms with Crippen LogP contribution in [0.15, 0.2) is 29.4 Å². The van der Waals surface area contributed by atoms with Gasteiger partial charge in [-0.05, 0) is 36.3 Å². The van der Waals surface area contributed by atoms with Crippen LogP contribution < -0.4 is 4.74 Å². The highest BCUT2D eigenvalue weighted by atomic mass is 32.1. The van der Waals surface area contributed by atoms with Crippen molar-refractivity contribution < 1.29 is 9.84 Å². The fourth-order valence-corrected chi connectivity index (χ4v) is 5.22. The maximum Gasteiger partial charge on any atom is 0.168 e. The molecule has 1 heterocycles. The lowest BCUT2D eigenvalue weighted by Gasteiger charge is -2.36. The summed E-state index contributed by atoms with van der Waals surface area (Å²) in [5, 5.41) is 17.7. The lowest BCUT2D eigenvalue weighted by atomic mass is 9.84. The van der Waals surface area contributed by atoms with Gasteiger partial charge in [0.15, 0.2) is 5.72 Å². The van der Waals surface area contributed by atoms with Crippen LogP contribution in [-0.2, 0) is 0 Å². The van der Waals surface area contributed by atoms with E-state index in [1.54, 1.807) is 12.1 Å². The maximum absolute atomic E-state index is 11.4. The highest BCUT2D eigenvalue weighted by Crippen LogP contribution is 2.73. The molecule has 23 heavy (non-hydrogen) atoms. The SMILES string of the molecule is COc1ccccc1C(=S)N1N=C(C)[C@@H]2[C@@H]3[C@H](C[C@@]21O)C3(C)C. The van der Waals surface area contributed by atoms with Gasteiger partial charge in [-0.25, -0.2) is 5.01 Å². The Morgan fingerprint density at radius 2 is 2.09 bits per heavy atom. The highest BCUT2D eigenvalue weighted by molar-refractivity contribution is 7.80. The molecule has 2 aliphatic carbocycles. The van der Waals surface area contributed by atoms with Crippen molar-refractivity contribution in [2.24, 2.45) is 28.3 Å². The second-order valence-corrected chi connectivity index (χ2v) is 7.96. The topological polar surface area (TPSA) is 45.1 Å². The van der Waals surface area contributed by atoms with Gasteiger partial charge in [-0.15, -0.1) is 0 Å². The van der Waals surface area contributed by atoms with Crippen molar-refractivity contribution in [3.63, 3.8) is 0 Å². The molecule has 0 aromatic heterocycles. The van der Waals surface area contributed by atoms with Gasteiger partial charge < -0.3 is 9.84 Å². The zero-order valence-corrected chi connectivity index (χ0v) is 14.7. The van der Waals surface area contributed by atoms with E-state index in [1.165, 1.54) is 0 Å². The zero-order chi connectivity index (χ0) is 16.6. The van der Waals surface area contributed by atoms with Gasteiger partial charge >= 0.3 is 0 Å². The quantitative estimate of drug-likeness (QED) is 0.847. The summed E-state index contributed by atoms with van der Waals surface area (Å²) in [5.74, 6) is 1.84. The molecule has 2 fully saturated rings. The van der Waals surface area contributed by atoms with Crippen LogP contribution in [0.3, 0.4) is 0 Å². The van der Waals surface area contributed by atoms with Gasteiger partial charge in [-0.1, -0.05) is 38.2 Å². The first-order valence-corrected chi connectivity index (χ1v) is 8.48. The second kappa shape index (κ2) is 4.54. The molecule has 1 aromatic rings. The molecular formula is C18H22N2O2S. The molecule has 4 nitrogen and oxygen atoms in total. The van der Waals surface area contributed by atoms with Crippen molar-refractivity contribution in [1.82, 2.24) is 5.01 Å². The standard InChI is InChI=1S/C18H22N2O2S/c1-10-14-15-12(17(15,2)3)9-18(14,21)20(19-10)16(23)11-7-5-6-8-13(11)22-4/h5-8,12,14-15,21H,9H2,1-4H3/t12-,14+,15-,18+/m0/s1. The third kappa shape index (κ3) is 1.81. The summed E-state index contributed by atoms with van der Waals surface area (Å²) in [6.45, 7) is 6.59. The Morgan fingerprint density at radius 3 is 2.78 bits per heavy atom. The lowest BCUT2D eigenvalue weighted by molar-refractivity contribution is -0.0843. The Hall–Kier alpha value is -1.46. The van der Waals surface area contributed by atoms with Crippen molar-refractivity contribution in [3.8, 4) is 5.75 Å². The van der Waals surface area contributed by atoms with Gasteiger partial charge in [0.1, 0.15) is 10.7 Å². The molecule has 3 aliphatic rings. The predicted molar refractivity (Wildman–Crippen MR) is 93.5 cm³/mol. The van der Waals surface area contributed by atoms with Gasteiger partial charge in [0.25, 0.3) is 0 Å². The molecule has 0 amide bonds. The number of methoxy groups -OCH3 is 1. The molecule has 0 bridgehead atoms. The monoisotopic (exact) mass is 330 g/mol. The minimum absolute atomic E-state index is 0.0788. The first-order chi connectivity index (χ1) is 10.8. The fourth-order valence-electron chi connectivity index (χ4n) is 4.85. The molecule has 0 saturated heterocycles. The molecule has 0 unspecified atom stereocenters. The van der Waals surface area contributed by atoms with Crippen LogP contribution in [0, 0.1) is 23.2 Å². The molecule has 5 heteroatoms. The van der Waals surface area contributed by atoms with E-state index in [-0.39, 0.29) is 5.92 Å². The molecule has 4 rings (SSSR count).